The maximum absolute atomic E-state index is 12.4. The molecule has 0 N–H and O–H groups in total. The average molecular weight is 398 g/mol. The summed E-state index contributed by atoms with van der Waals surface area (Å²) in [4.78, 5) is 18.8. The summed E-state index contributed by atoms with van der Waals surface area (Å²) in [6.45, 7) is -1.59. The van der Waals surface area contributed by atoms with Crippen LogP contribution in [0.3, 0.4) is 0 Å². The van der Waals surface area contributed by atoms with E-state index in [-0.39, 0.29) is 17.6 Å². The van der Waals surface area contributed by atoms with E-state index in [0.717, 1.165) is 35.4 Å². The standard InChI is InChI=1S/C22H20F2N2O3/c23-22(24)28-17-8-5-15(6-9-17)7-10-20(27)26-13-11-16(12-14-26)21-25-18-3-1-2-4-19(18)29-21/h1-10,16,22H,11-14H2/b10-7+. The van der Waals surface area contributed by atoms with Crippen LogP contribution in [-0.4, -0.2) is 35.5 Å². The van der Waals surface area contributed by atoms with Crippen molar-refractivity contribution >= 4 is 23.1 Å². The number of para-hydroxylation sites is 2. The number of nitrogens with zero attached hydrogens (tertiary/aromatic N) is 2. The van der Waals surface area contributed by atoms with E-state index in [1.165, 1.54) is 18.2 Å². The second-order valence-electron chi connectivity index (χ2n) is 6.90. The van der Waals surface area contributed by atoms with E-state index < -0.39 is 6.61 Å². The van der Waals surface area contributed by atoms with Crippen LogP contribution >= 0.6 is 0 Å². The first-order chi connectivity index (χ1) is 14.1. The Balaban J connectivity index is 1.32. The summed E-state index contributed by atoms with van der Waals surface area (Å²) in [5, 5.41) is 0. The number of benzene rings is 2. The second kappa shape index (κ2) is 8.43. The molecule has 150 valence electrons. The van der Waals surface area contributed by atoms with Gasteiger partial charge >= 0.3 is 6.61 Å². The molecule has 1 aromatic heterocycles. The van der Waals surface area contributed by atoms with E-state index in [2.05, 4.69) is 9.72 Å². The molecule has 0 unspecified atom stereocenters. The SMILES string of the molecule is O=C(/C=C/c1ccc(OC(F)F)cc1)N1CCC(c2nc3ccccc3o2)CC1. The minimum absolute atomic E-state index is 0.0751. The first-order valence-electron chi connectivity index (χ1n) is 9.46. The van der Waals surface area contributed by atoms with Gasteiger partial charge < -0.3 is 14.1 Å². The Morgan fingerprint density at radius 2 is 1.86 bits per heavy atom. The molecule has 0 bridgehead atoms. The Morgan fingerprint density at radius 3 is 2.55 bits per heavy atom. The van der Waals surface area contributed by atoms with Crippen molar-refractivity contribution in [2.24, 2.45) is 0 Å². The van der Waals surface area contributed by atoms with Gasteiger partial charge in [0.05, 0.1) is 0 Å². The summed E-state index contributed by atoms with van der Waals surface area (Å²) >= 11 is 0. The highest BCUT2D eigenvalue weighted by molar-refractivity contribution is 5.91. The molecular weight excluding hydrogens is 378 g/mol. The number of halogens is 2. The van der Waals surface area contributed by atoms with Gasteiger partial charge in [0, 0.05) is 25.1 Å². The molecule has 0 aliphatic carbocycles. The van der Waals surface area contributed by atoms with Crippen molar-refractivity contribution in [1.82, 2.24) is 9.88 Å². The Bertz CT molecular complexity index is 973. The maximum Gasteiger partial charge on any atom is 0.387 e. The van der Waals surface area contributed by atoms with Crippen molar-refractivity contribution in [2.45, 2.75) is 25.4 Å². The smallest absolute Gasteiger partial charge is 0.387 e. The monoisotopic (exact) mass is 398 g/mol. The van der Waals surface area contributed by atoms with Gasteiger partial charge in [-0.1, -0.05) is 24.3 Å². The van der Waals surface area contributed by atoms with Crippen LogP contribution in [0.2, 0.25) is 0 Å². The molecule has 3 aromatic rings. The van der Waals surface area contributed by atoms with Crippen LogP contribution in [0, 0.1) is 0 Å². The Kier molecular flexibility index (Phi) is 5.55. The van der Waals surface area contributed by atoms with Crippen molar-refractivity contribution in [2.75, 3.05) is 13.1 Å². The number of hydrogen-bond acceptors (Lipinski definition) is 4. The molecule has 4 rings (SSSR count). The summed E-state index contributed by atoms with van der Waals surface area (Å²) in [6.07, 6.45) is 4.77. The van der Waals surface area contributed by atoms with Crippen LogP contribution in [0.4, 0.5) is 8.78 Å². The average Bonchev–Trinajstić information content (AvgIpc) is 3.17. The number of likely N-dealkylation sites (tertiary alicyclic amines) is 1. The Labute approximate surface area is 166 Å². The number of fused-ring (bicyclic) bond motifs is 1. The van der Waals surface area contributed by atoms with Crippen LogP contribution in [0.25, 0.3) is 17.2 Å². The number of piperidine rings is 1. The molecule has 2 heterocycles. The molecule has 1 amide bonds. The number of carbonyl (C=O) groups excluding carboxylic acids is 1. The highest BCUT2D eigenvalue weighted by atomic mass is 19.3. The molecule has 0 radical (unpaired) electrons. The first-order valence-corrected chi connectivity index (χ1v) is 9.46. The number of aromatic nitrogens is 1. The highest BCUT2D eigenvalue weighted by Gasteiger charge is 2.26. The number of ether oxygens (including phenoxy) is 1. The lowest BCUT2D eigenvalue weighted by Crippen LogP contribution is -2.36. The predicted octanol–water partition coefficient (Wildman–Crippen LogP) is 4.85. The number of alkyl halides is 2. The minimum Gasteiger partial charge on any atom is -0.440 e. The van der Waals surface area contributed by atoms with Gasteiger partial charge in [-0.05, 0) is 48.7 Å². The maximum atomic E-state index is 12.4. The van der Waals surface area contributed by atoms with Crippen LogP contribution in [0.15, 0.2) is 59.0 Å². The third-order valence-corrected chi connectivity index (χ3v) is 4.99. The van der Waals surface area contributed by atoms with E-state index in [4.69, 9.17) is 4.42 Å². The molecule has 1 fully saturated rings. The fourth-order valence-electron chi connectivity index (χ4n) is 3.44. The van der Waals surface area contributed by atoms with Crippen molar-refractivity contribution in [3.05, 3.63) is 66.1 Å². The molecule has 1 aliphatic heterocycles. The molecule has 0 atom stereocenters. The molecule has 0 spiro atoms. The van der Waals surface area contributed by atoms with Gasteiger partial charge in [0.2, 0.25) is 5.91 Å². The van der Waals surface area contributed by atoms with Crippen molar-refractivity contribution in [1.29, 1.82) is 0 Å². The molecular formula is C22H20F2N2O3. The minimum atomic E-state index is -2.85. The number of amides is 1. The molecule has 7 heteroatoms. The highest BCUT2D eigenvalue weighted by Crippen LogP contribution is 2.30. The Hall–Kier alpha value is -3.22. The summed E-state index contributed by atoms with van der Waals surface area (Å²) in [7, 11) is 0. The number of oxazole rings is 1. The molecule has 1 aliphatic rings. The van der Waals surface area contributed by atoms with E-state index in [0.29, 0.717) is 13.1 Å². The molecule has 5 nitrogen and oxygen atoms in total. The summed E-state index contributed by atoms with van der Waals surface area (Å²) in [5.74, 6) is 0.955. The fourth-order valence-corrected chi connectivity index (χ4v) is 3.44. The van der Waals surface area contributed by atoms with E-state index in [1.807, 2.05) is 24.3 Å². The largest absolute Gasteiger partial charge is 0.440 e. The lowest BCUT2D eigenvalue weighted by atomic mass is 9.96. The topological polar surface area (TPSA) is 55.6 Å². The van der Waals surface area contributed by atoms with Crippen molar-refractivity contribution in [3.8, 4) is 5.75 Å². The van der Waals surface area contributed by atoms with Crippen LogP contribution in [0.5, 0.6) is 5.75 Å². The van der Waals surface area contributed by atoms with Gasteiger partial charge in [-0.25, -0.2) is 4.98 Å². The molecule has 2 aromatic carbocycles. The molecule has 29 heavy (non-hydrogen) atoms. The third kappa shape index (κ3) is 4.62. The Morgan fingerprint density at radius 1 is 1.14 bits per heavy atom. The van der Waals surface area contributed by atoms with Gasteiger partial charge in [0.25, 0.3) is 0 Å². The summed E-state index contributed by atoms with van der Waals surface area (Å²) in [5.41, 5.74) is 2.38. The second-order valence-corrected chi connectivity index (χ2v) is 6.90. The molecule has 0 saturated carbocycles. The quantitative estimate of drug-likeness (QED) is 0.577. The zero-order chi connectivity index (χ0) is 20.2. The van der Waals surface area contributed by atoms with Gasteiger partial charge in [-0.3, -0.25) is 4.79 Å². The predicted molar refractivity (Wildman–Crippen MR) is 105 cm³/mol. The van der Waals surface area contributed by atoms with Crippen molar-refractivity contribution in [3.63, 3.8) is 0 Å². The zero-order valence-electron chi connectivity index (χ0n) is 15.6. The van der Waals surface area contributed by atoms with E-state index in [1.54, 1.807) is 23.1 Å². The van der Waals surface area contributed by atoms with E-state index >= 15 is 0 Å². The number of carbonyl (C=O) groups is 1. The van der Waals surface area contributed by atoms with Gasteiger partial charge in [-0.15, -0.1) is 0 Å². The molecule has 1 saturated heterocycles. The zero-order valence-corrected chi connectivity index (χ0v) is 15.6. The lowest BCUT2D eigenvalue weighted by Gasteiger charge is -2.29. The number of rotatable bonds is 5. The van der Waals surface area contributed by atoms with Gasteiger partial charge in [0.1, 0.15) is 11.3 Å². The van der Waals surface area contributed by atoms with Crippen LogP contribution in [0.1, 0.15) is 30.2 Å². The summed E-state index contributed by atoms with van der Waals surface area (Å²) in [6, 6.07) is 13.8. The third-order valence-electron chi connectivity index (χ3n) is 4.99. The normalized spacial score (nSPS) is 15.5. The summed E-state index contributed by atoms with van der Waals surface area (Å²) < 4.78 is 34.5. The lowest BCUT2D eigenvalue weighted by molar-refractivity contribution is -0.127. The van der Waals surface area contributed by atoms with Crippen LogP contribution in [-0.2, 0) is 4.79 Å². The van der Waals surface area contributed by atoms with Crippen molar-refractivity contribution < 1.29 is 22.7 Å². The number of hydrogen-bond donors (Lipinski definition) is 0. The van der Waals surface area contributed by atoms with E-state index in [9.17, 15) is 13.6 Å². The van der Waals surface area contributed by atoms with Gasteiger partial charge in [-0.2, -0.15) is 8.78 Å². The first kappa shape index (κ1) is 19.1. The van der Waals surface area contributed by atoms with Gasteiger partial charge in [0.15, 0.2) is 11.5 Å². The fraction of sp³-hybridized carbons (Fsp3) is 0.273. The van der Waals surface area contributed by atoms with Crippen LogP contribution < -0.4 is 4.74 Å².